The summed E-state index contributed by atoms with van der Waals surface area (Å²) in [6, 6.07) is 0. The molecule has 0 aromatic rings. The van der Waals surface area contributed by atoms with Crippen molar-refractivity contribution in [1.29, 1.82) is 0 Å². The summed E-state index contributed by atoms with van der Waals surface area (Å²) >= 11 is 0. The van der Waals surface area contributed by atoms with Gasteiger partial charge in [0.15, 0.2) is 24.0 Å². The zero-order chi connectivity index (χ0) is 34.9. The van der Waals surface area contributed by atoms with Crippen LogP contribution in [-0.2, 0) is 50.3 Å². The van der Waals surface area contributed by atoms with E-state index < -0.39 is 57.0 Å². The number of fused-ring (bicyclic) bond motifs is 2. The first-order valence-corrected chi connectivity index (χ1v) is 22.3. The SMILES string of the molecule is C[C@H]1[C@@H](CCS(=O)CCCS(=O)CC[C@H]2O[C@@H]3O[C@]4(C)CC[C@H]5[C@H](C)CC[C@@H]([C@H]2C)[C@@]35OO4)O[C@@H]2OC(C)(O)CC[C@H]3[C@H](C)CC[C@@H]1[C@@]23O. The Morgan fingerprint density at radius 2 is 1.20 bits per heavy atom. The Morgan fingerprint density at radius 3 is 1.88 bits per heavy atom. The Kier molecular flexibility index (Phi) is 10.7. The van der Waals surface area contributed by atoms with Gasteiger partial charge in [0, 0.05) is 63.4 Å². The van der Waals surface area contributed by atoms with Crippen LogP contribution in [-0.4, -0.2) is 89.2 Å². The maximum atomic E-state index is 13.2. The standard InChI is InChI=1S/C37H62O10S2/c1-22-8-10-28-24(3)30(42-32-36(28,39)26(22)12-16-34(5,38)44-32)14-20-48(40)18-7-19-49(41)21-15-31-25(4)29-11-9-23(2)27-13-17-35(6)45-33(43-31)37(27,29)47-46-35/h22-33,38-39H,7-21H2,1-6H3/t22-,23-,24-,25-,26+,27+,28+,29+,30-,31-,32-,33-,34?,35+,36-,37-,48?,49?/m1/s1. The Bertz CT molecular complexity index is 1230. The summed E-state index contributed by atoms with van der Waals surface area (Å²) in [4.78, 5) is 12.2. The molecule has 3 unspecified atom stereocenters. The number of aliphatic hydroxyl groups is 2. The molecule has 2 bridgehead atoms. The molecule has 2 N–H and O–H groups in total. The van der Waals surface area contributed by atoms with Crippen LogP contribution in [0.5, 0.6) is 0 Å². The fourth-order valence-electron chi connectivity index (χ4n) is 11.4. The van der Waals surface area contributed by atoms with Crippen LogP contribution < -0.4 is 0 Å². The molecule has 2 saturated carbocycles. The van der Waals surface area contributed by atoms with Crippen molar-refractivity contribution in [3.63, 3.8) is 0 Å². The van der Waals surface area contributed by atoms with Crippen LogP contribution in [0.25, 0.3) is 0 Å². The molecule has 0 aromatic carbocycles. The fourth-order valence-corrected chi connectivity index (χ4v) is 13.9. The third kappa shape index (κ3) is 6.71. The van der Waals surface area contributed by atoms with Crippen LogP contribution in [0.4, 0.5) is 0 Å². The summed E-state index contributed by atoms with van der Waals surface area (Å²) in [5.74, 6) is 1.72. The Balaban J connectivity index is 0.880. The van der Waals surface area contributed by atoms with Crippen molar-refractivity contribution in [3.8, 4) is 0 Å². The largest absolute Gasteiger partial charge is 0.384 e. The Morgan fingerprint density at radius 1 is 0.633 bits per heavy atom. The molecule has 0 aromatic heterocycles. The molecule has 6 aliphatic heterocycles. The van der Waals surface area contributed by atoms with E-state index in [0.717, 1.165) is 38.5 Å². The van der Waals surface area contributed by atoms with Gasteiger partial charge in [-0.1, -0.05) is 27.7 Å². The van der Waals surface area contributed by atoms with Crippen LogP contribution >= 0.6 is 0 Å². The van der Waals surface area contributed by atoms with Crippen LogP contribution in [0.3, 0.4) is 0 Å². The lowest BCUT2D eigenvalue weighted by Crippen LogP contribution is -2.70. The molecule has 0 amide bonds. The van der Waals surface area contributed by atoms with Gasteiger partial charge in [0.05, 0.1) is 12.2 Å². The predicted molar refractivity (Wildman–Crippen MR) is 186 cm³/mol. The van der Waals surface area contributed by atoms with Gasteiger partial charge in [-0.05, 0) is 113 Å². The first-order valence-electron chi connectivity index (χ1n) is 19.3. The van der Waals surface area contributed by atoms with Gasteiger partial charge >= 0.3 is 0 Å². The van der Waals surface area contributed by atoms with Gasteiger partial charge in [-0.3, -0.25) is 8.42 Å². The summed E-state index contributed by atoms with van der Waals surface area (Å²) in [6.07, 6.45) is 7.41. The normalized spacial score (nSPS) is 53.5. The number of hydrogen-bond donors (Lipinski definition) is 2. The third-order valence-corrected chi connectivity index (χ3v) is 17.2. The van der Waals surface area contributed by atoms with E-state index in [1.54, 1.807) is 6.92 Å². The molecule has 6 saturated heterocycles. The lowest BCUT2D eigenvalue weighted by atomic mass is 9.57. The third-order valence-electron chi connectivity index (χ3n) is 14.3. The first-order chi connectivity index (χ1) is 23.2. The number of ether oxygens (including phenoxy) is 4. The maximum Gasteiger partial charge on any atom is 0.201 e. The van der Waals surface area contributed by atoms with Gasteiger partial charge in [0.2, 0.25) is 5.79 Å². The fraction of sp³-hybridized carbons (Fsp3) is 1.00. The smallest absolute Gasteiger partial charge is 0.201 e. The maximum absolute atomic E-state index is 13.2. The zero-order valence-corrected chi connectivity index (χ0v) is 32.1. The molecular formula is C37H62O10S2. The molecule has 8 rings (SSSR count). The van der Waals surface area contributed by atoms with Gasteiger partial charge in [0.1, 0.15) is 5.60 Å². The lowest BCUT2D eigenvalue weighted by molar-refractivity contribution is -0.571. The number of rotatable bonds is 10. The minimum atomic E-state index is -1.35. The minimum absolute atomic E-state index is 0.0138. The highest BCUT2D eigenvalue weighted by molar-refractivity contribution is 7.85. The Labute approximate surface area is 298 Å². The molecule has 0 radical (unpaired) electrons. The molecule has 12 heteroatoms. The summed E-state index contributed by atoms with van der Waals surface area (Å²) < 4.78 is 52.0. The van der Waals surface area contributed by atoms with Crippen molar-refractivity contribution >= 4 is 21.6 Å². The van der Waals surface area contributed by atoms with E-state index in [1.807, 2.05) is 6.92 Å². The summed E-state index contributed by atoms with van der Waals surface area (Å²) in [7, 11) is -2.10. The van der Waals surface area contributed by atoms with Crippen LogP contribution in [0.1, 0.15) is 112 Å². The van der Waals surface area contributed by atoms with Gasteiger partial charge in [-0.25, -0.2) is 9.78 Å². The van der Waals surface area contributed by atoms with E-state index in [0.29, 0.717) is 72.9 Å². The second-order valence-electron chi connectivity index (χ2n) is 17.4. The van der Waals surface area contributed by atoms with E-state index in [1.165, 1.54) is 0 Å². The average Bonchev–Trinajstić information content (AvgIpc) is 3.33. The van der Waals surface area contributed by atoms with Gasteiger partial charge < -0.3 is 29.2 Å². The van der Waals surface area contributed by atoms with Crippen LogP contribution in [0.15, 0.2) is 0 Å². The lowest BCUT2D eigenvalue weighted by Gasteiger charge is -2.60. The van der Waals surface area contributed by atoms with E-state index in [-0.39, 0.29) is 41.8 Å². The molecule has 8 aliphatic rings. The molecule has 2 aliphatic carbocycles. The summed E-state index contributed by atoms with van der Waals surface area (Å²) in [5, 5.41) is 23.0. The van der Waals surface area contributed by atoms with E-state index >= 15 is 0 Å². The van der Waals surface area contributed by atoms with Gasteiger partial charge in [-0.15, -0.1) is 0 Å². The van der Waals surface area contributed by atoms with Gasteiger partial charge in [0.25, 0.3) is 0 Å². The van der Waals surface area contributed by atoms with Gasteiger partial charge in [-0.2, -0.15) is 0 Å². The average molecular weight is 731 g/mol. The number of hydrogen-bond acceptors (Lipinski definition) is 10. The van der Waals surface area contributed by atoms with Crippen molar-refractivity contribution in [1.82, 2.24) is 0 Å². The van der Waals surface area contributed by atoms with Crippen molar-refractivity contribution in [2.45, 2.75) is 160 Å². The van der Waals surface area contributed by atoms with Crippen LogP contribution in [0, 0.1) is 47.3 Å². The van der Waals surface area contributed by atoms with Crippen molar-refractivity contribution in [2.24, 2.45) is 47.3 Å². The topological polar surface area (TPSA) is 130 Å². The quantitative estimate of drug-likeness (QED) is 0.290. The monoisotopic (exact) mass is 730 g/mol. The molecule has 282 valence electrons. The molecule has 49 heavy (non-hydrogen) atoms. The minimum Gasteiger partial charge on any atom is -0.384 e. The highest BCUT2D eigenvalue weighted by Crippen LogP contribution is 2.61. The van der Waals surface area contributed by atoms with E-state index in [2.05, 4.69) is 27.7 Å². The second kappa shape index (κ2) is 14.0. The molecule has 10 nitrogen and oxygen atoms in total. The molecule has 18 atom stereocenters. The molecule has 1 spiro atoms. The van der Waals surface area contributed by atoms with Crippen molar-refractivity contribution < 1.29 is 47.4 Å². The molecule has 6 heterocycles. The first kappa shape index (κ1) is 37.3. The molecular weight excluding hydrogens is 669 g/mol. The van der Waals surface area contributed by atoms with Crippen LogP contribution in [0.2, 0.25) is 0 Å². The second-order valence-corrected chi connectivity index (χ2v) is 20.8. The summed E-state index contributed by atoms with van der Waals surface area (Å²) in [6.45, 7) is 12.5. The highest BCUT2D eigenvalue weighted by atomic mass is 32.2. The van der Waals surface area contributed by atoms with Crippen molar-refractivity contribution in [2.75, 3.05) is 23.0 Å². The Hall–Kier alpha value is -0.0200. The highest BCUT2D eigenvalue weighted by Gasteiger charge is 2.69. The molecule has 8 fully saturated rings. The van der Waals surface area contributed by atoms with Crippen molar-refractivity contribution in [3.05, 3.63) is 0 Å². The summed E-state index contributed by atoms with van der Waals surface area (Å²) in [5.41, 5.74) is -1.70. The predicted octanol–water partition coefficient (Wildman–Crippen LogP) is 5.18. The van der Waals surface area contributed by atoms with E-state index in [9.17, 15) is 18.6 Å². The zero-order valence-electron chi connectivity index (χ0n) is 30.5. The van der Waals surface area contributed by atoms with E-state index in [4.69, 9.17) is 28.7 Å².